The molecule has 1 saturated heterocycles. The molecule has 1 fully saturated rings. The first-order valence-corrected chi connectivity index (χ1v) is 11.5. The van der Waals surface area contributed by atoms with Gasteiger partial charge in [0.15, 0.2) is 0 Å². The first-order chi connectivity index (χ1) is 16.2. The van der Waals surface area contributed by atoms with E-state index in [1.54, 1.807) is 0 Å². The highest BCUT2D eigenvalue weighted by molar-refractivity contribution is 5.85. The van der Waals surface area contributed by atoms with E-state index in [-0.39, 0.29) is 5.91 Å². The van der Waals surface area contributed by atoms with Gasteiger partial charge in [-0.1, -0.05) is 77.5 Å². The van der Waals surface area contributed by atoms with Gasteiger partial charge in [-0.15, -0.1) is 0 Å². The maximum Gasteiger partial charge on any atom is 0.227 e. The van der Waals surface area contributed by atoms with Gasteiger partial charge in [-0.05, 0) is 23.3 Å². The monoisotopic (exact) mass is 440 g/mol. The third-order valence-corrected chi connectivity index (χ3v) is 6.33. The van der Waals surface area contributed by atoms with Gasteiger partial charge in [-0.3, -0.25) is 9.69 Å². The van der Waals surface area contributed by atoms with Crippen LogP contribution in [0.25, 0.3) is 22.2 Å². The SMILES string of the molecule is Cc1ccc(-c2noc(CCC(=O)N3CCN(Cc4cccc5ccccc45)CC3)n2)cc1. The Bertz CT molecular complexity index is 1240. The molecule has 0 aliphatic carbocycles. The third-order valence-electron chi connectivity index (χ3n) is 6.33. The van der Waals surface area contributed by atoms with E-state index in [0.29, 0.717) is 24.6 Å². The summed E-state index contributed by atoms with van der Waals surface area (Å²) in [7, 11) is 0. The number of aryl methyl sites for hydroxylation is 2. The predicted octanol–water partition coefficient (Wildman–Crippen LogP) is 4.48. The lowest BCUT2D eigenvalue weighted by atomic mass is 10.0. The molecule has 0 unspecified atom stereocenters. The molecule has 2 heterocycles. The third kappa shape index (κ3) is 4.96. The van der Waals surface area contributed by atoms with Crippen LogP contribution in [0.4, 0.5) is 0 Å². The number of nitrogens with zero attached hydrogens (tertiary/aromatic N) is 4. The molecule has 5 rings (SSSR count). The second kappa shape index (κ2) is 9.55. The fraction of sp³-hybridized carbons (Fsp3) is 0.296. The minimum atomic E-state index is 0.148. The zero-order valence-corrected chi connectivity index (χ0v) is 18.9. The summed E-state index contributed by atoms with van der Waals surface area (Å²) in [6.45, 7) is 6.22. The van der Waals surface area contributed by atoms with Crippen molar-refractivity contribution in [3.63, 3.8) is 0 Å². The van der Waals surface area contributed by atoms with Crippen molar-refractivity contribution in [1.82, 2.24) is 19.9 Å². The van der Waals surface area contributed by atoms with Crippen molar-refractivity contribution >= 4 is 16.7 Å². The highest BCUT2D eigenvalue weighted by Crippen LogP contribution is 2.21. The molecule has 4 aromatic rings. The van der Waals surface area contributed by atoms with Crippen LogP contribution in [0.2, 0.25) is 0 Å². The Balaban J connectivity index is 1.12. The predicted molar refractivity (Wildman–Crippen MR) is 129 cm³/mol. The number of carbonyl (C=O) groups excluding carboxylic acids is 1. The van der Waals surface area contributed by atoms with E-state index in [1.165, 1.54) is 21.9 Å². The number of piperazine rings is 1. The number of amides is 1. The van der Waals surface area contributed by atoms with Crippen LogP contribution in [0.3, 0.4) is 0 Å². The maximum absolute atomic E-state index is 12.7. The van der Waals surface area contributed by atoms with Gasteiger partial charge in [0, 0.05) is 51.1 Å². The standard InChI is InChI=1S/C27H28N4O2/c1-20-9-11-22(12-10-20)27-28-25(33-29-27)13-14-26(32)31-17-15-30(16-18-31)19-23-7-4-6-21-5-2-3-8-24(21)23/h2-12H,13-19H2,1H3. The van der Waals surface area contributed by atoms with Crippen LogP contribution in [-0.2, 0) is 17.8 Å². The largest absolute Gasteiger partial charge is 0.340 e. The molecule has 0 atom stereocenters. The van der Waals surface area contributed by atoms with Crippen molar-refractivity contribution in [3.8, 4) is 11.4 Å². The number of hydrogen-bond donors (Lipinski definition) is 0. The van der Waals surface area contributed by atoms with Crippen LogP contribution < -0.4 is 0 Å². The van der Waals surface area contributed by atoms with Gasteiger partial charge >= 0.3 is 0 Å². The summed E-state index contributed by atoms with van der Waals surface area (Å²) in [6.07, 6.45) is 0.854. The van der Waals surface area contributed by atoms with Crippen molar-refractivity contribution in [3.05, 3.63) is 83.7 Å². The topological polar surface area (TPSA) is 62.5 Å². The van der Waals surface area contributed by atoms with E-state index in [4.69, 9.17) is 4.52 Å². The van der Waals surface area contributed by atoms with Crippen molar-refractivity contribution in [2.75, 3.05) is 26.2 Å². The van der Waals surface area contributed by atoms with Gasteiger partial charge in [0.25, 0.3) is 0 Å². The fourth-order valence-corrected chi connectivity index (χ4v) is 4.37. The summed E-state index contributed by atoms with van der Waals surface area (Å²) >= 11 is 0. The molecule has 6 nitrogen and oxygen atoms in total. The first-order valence-electron chi connectivity index (χ1n) is 11.5. The van der Waals surface area contributed by atoms with Crippen LogP contribution in [0, 0.1) is 6.92 Å². The van der Waals surface area contributed by atoms with Gasteiger partial charge in [0.05, 0.1) is 0 Å². The summed E-state index contributed by atoms with van der Waals surface area (Å²) in [5.41, 5.74) is 3.45. The van der Waals surface area contributed by atoms with Crippen molar-refractivity contribution < 1.29 is 9.32 Å². The highest BCUT2D eigenvalue weighted by Gasteiger charge is 2.22. The number of fused-ring (bicyclic) bond motifs is 1. The van der Waals surface area contributed by atoms with E-state index >= 15 is 0 Å². The Hall–Kier alpha value is -3.51. The molecule has 1 aliphatic rings. The molecule has 33 heavy (non-hydrogen) atoms. The second-order valence-electron chi connectivity index (χ2n) is 8.67. The Kier molecular flexibility index (Phi) is 6.17. The molecule has 168 valence electrons. The zero-order chi connectivity index (χ0) is 22.6. The molecule has 0 bridgehead atoms. The Morgan fingerprint density at radius 3 is 2.52 bits per heavy atom. The Morgan fingerprint density at radius 2 is 1.70 bits per heavy atom. The van der Waals surface area contributed by atoms with Crippen molar-refractivity contribution in [2.24, 2.45) is 0 Å². The van der Waals surface area contributed by atoms with E-state index in [1.807, 2.05) is 36.1 Å². The van der Waals surface area contributed by atoms with Gasteiger partial charge in [0.2, 0.25) is 17.6 Å². The first kappa shape index (κ1) is 21.3. The fourth-order valence-electron chi connectivity index (χ4n) is 4.37. The molecule has 3 aromatic carbocycles. The number of rotatable bonds is 6. The molecule has 0 spiro atoms. The summed E-state index contributed by atoms with van der Waals surface area (Å²) in [5.74, 6) is 1.22. The minimum absolute atomic E-state index is 0.148. The van der Waals surface area contributed by atoms with E-state index < -0.39 is 0 Å². The van der Waals surface area contributed by atoms with E-state index in [2.05, 4.69) is 57.5 Å². The maximum atomic E-state index is 12.7. The lowest BCUT2D eigenvalue weighted by Gasteiger charge is -2.35. The van der Waals surface area contributed by atoms with Crippen LogP contribution in [0.1, 0.15) is 23.4 Å². The molecule has 0 N–H and O–H groups in total. The van der Waals surface area contributed by atoms with Crippen LogP contribution in [0.5, 0.6) is 0 Å². The smallest absolute Gasteiger partial charge is 0.227 e. The number of hydrogen-bond acceptors (Lipinski definition) is 5. The van der Waals surface area contributed by atoms with Gasteiger partial charge < -0.3 is 9.42 Å². The summed E-state index contributed by atoms with van der Waals surface area (Å²) < 4.78 is 5.37. The lowest BCUT2D eigenvalue weighted by Crippen LogP contribution is -2.48. The Morgan fingerprint density at radius 1 is 0.939 bits per heavy atom. The number of aromatic nitrogens is 2. The summed E-state index contributed by atoms with van der Waals surface area (Å²) in [6, 6.07) is 23.0. The molecule has 1 amide bonds. The number of benzene rings is 3. The molecule has 0 radical (unpaired) electrons. The summed E-state index contributed by atoms with van der Waals surface area (Å²) in [5, 5.41) is 6.64. The Labute approximate surface area is 193 Å². The second-order valence-corrected chi connectivity index (χ2v) is 8.67. The molecule has 6 heteroatoms. The van der Waals surface area contributed by atoms with Gasteiger partial charge in [-0.2, -0.15) is 4.98 Å². The molecule has 0 saturated carbocycles. The molecular formula is C27H28N4O2. The average molecular weight is 441 g/mol. The summed E-state index contributed by atoms with van der Waals surface area (Å²) in [4.78, 5) is 21.6. The lowest BCUT2D eigenvalue weighted by molar-refractivity contribution is -0.133. The molecule has 1 aromatic heterocycles. The average Bonchev–Trinajstić information content (AvgIpc) is 3.33. The van der Waals surface area contributed by atoms with Crippen molar-refractivity contribution in [1.29, 1.82) is 0 Å². The highest BCUT2D eigenvalue weighted by atomic mass is 16.5. The zero-order valence-electron chi connectivity index (χ0n) is 18.9. The van der Waals surface area contributed by atoms with Crippen molar-refractivity contribution in [2.45, 2.75) is 26.3 Å². The van der Waals surface area contributed by atoms with Crippen LogP contribution in [0.15, 0.2) is 71.3 Å². The number of carbonyl (C=O) groups is 1. The van der Waals surface area contributed by atoms with Gasteiger partial charge in [0.1, 0.15) is 0 Å². The molecular weight excluding hydrogens is 412 g/mol. The van der Waals surface area contributed by atoms with Gasteiger partial charge in [-0.25, -0.2) is 0 Å². The quantitative estimate of drug-likeness (QED) is 0.443. The normalized spacial score (nSPS) is 14.6. The molecule has 1 aliphatic heterocycles. The van der Waals surface area contributed by atoms with Crippen LogP contribution >= 0.6 is 0 Å². The van der Waals surface area contributed by atoms with E-state index in [9.17, 15) is 4.79 Å². The van der Waals surface area contributed by atoms with Crippen LogP contribution in [-0.4, -0.2) is 52.0 Å². The van der Waals surface area contributed by atoms with E-state index in [0.717, 1.165) is 38.3 Å². The minimum Gasteiger partial charge on any atom is -0.340 e.